The molecule has 0 fully saturated rings. The monoisotopic (exact) mass is 447 g/mol. The molecule has 3 aromatic rings. The minimum atomic E-state index is -0.0552. The van der Waals surface area contributed by atoms with Crippen molar-refractivity contribution >= 4 is 46.7 Å². The van der Waals surface area contributed by atoms with Crippen molar-refractivity contribution < 1.29 is 9.53 Å². The van der Waals surface area contributed by atoms with Crippen molar-refractivity contribution in [3.05, 3.63) is 101 Å². The number of thioether (sulfide) groups is 1. The zero-order chi connectivity index (χ0) is 21.8. The van der Waals surface area contributed by atoms with E-state index in [2.05, 4.69) is 0 Å². The number of rotatable bonds is 6. The van der Waals surface area contributed by atoms with E-state index >= 15 is 0 Å². The number of ether oxygens (including phenoxy) is 1. The number of amides is 1. The lowest BCUT2D eigenvalue weighted by Crippen LogP contribution is -2.25. The molecule has 0 atom stereocenters. The lowest BCUT2D eigenvalue weighted by Gasteiger charge is -2.23. The summed E-state index contributed by atoms with van der Waals surface area (Å²) in [5.74, 6) is 0.760. The molecule has 1 heterocycles. The summed E-state index contributed by atoms with van der Waals surface area (Å²) in [4.78, 5) is 16.4. The molecular weight excluding hydrogens is 426 g/mol. The smallest absolute Gasteiger partial charge is 0.262 e. The fourth-order valence-electron chi connectivity index (χ4n) is 3.51. The summed E-state index contributed by atoms with van der Waals surface area (Å²) in [7, 11) is 0. The molecule has 1 amide bonds. The molecule has 0 aromatic heterocycles. The Bertz CT molecular complexity index is 1150. The highest BCUT2D eigenvalue weighted by atomic mass is 35.5. The third-order valence-electron chi connectivity index (χ3n) is 4.96. The van der Waals surface area contributed by atoms with Gasteiger partial charge in [-0.2, -0.15) is 0 Å². The third kappa shape index (κ3) is 4.55. The summed E-state index contributed by atoms with van der Waals surface area (Å²) >= 11 is 7.71. The molecule has 0 saturated heterocycles. The van der Waals surface area contributed by atoms with Crippen LogP contribution in [0.15, 0.2) is 89.3 Å². The molecule has 0 N–H and O–H groups in total. The van der Waals surface area contributed by atoms with E-state index in [9.17, 15) is 4.79 Å². The molecule has 3 nitrogen and oxygen atoms in total. The normalized spacial score (nSPS) is 14.8. The Morgan fingerprint density at radius 1 is 1.00 bits per heavy atom. The van der Waals surface area contributed by atoms with Crippen molar-refractivity contribution in [2.45, 2.75) is 11.8 Å². The number of carbonyl (C=O) groups is 1. The van der Waals surface area contributed by atoms with Gasteiger partial charge in [-0.05, 0) is 72.9 Å². The van der Waals surface area contributed by atoms with E-state index < -0.39 is 0 Å². The number of benzene rings is 3. The van der Waals surface area contributed by atoms with E-state index in [1.165, 1.54) is 0 Å². The molecule has 4 rings (SSSR count). The first-order valence-electron chi connectivity index (χ1n) is 10.0. The van der Waals surface area contributed by atoms with E-state index in [1.807, 2.05) is 98.1 Å². The Balaban J connectivity index is 1.79. The second-order valence-corrected chi connectivity index (χ2v) is 8.24. The zero-order valence-corrected chi connectivity index (χ0v) is 18.9. The van der Waals surface area contributed by atoms with Crippen LogP contribution in [0.2, 0.25) is 5.02 Å². The Hall–Kier alpha value is -2.95. The Morgan fingerprint density at radius 2 is 1.71 bits per heavy atom. The second kappa shape index (κ2) is 9.46. The highest BCUT2D eigenvalue weighted by Gasteiger charge is 2.31. The summed E-state index contributed by atoms with van der Waals surface area (Å²) < 4.78 is 5.52. The zero-order valence-electron chi connectivity index (χ0n) is 17.3. The molecule has 31 heavy (non-hydrogen) atoms. The van der Waals surface area contributed by atoms with Crippen LogP contribution in [0.4, 0.5) is 5.69 Å². The van der Waals surface area contributed by atoms with Gasteiger partial charge in [-0.1, -0.05) is 48.0 Å². The van der Waals surface area contributed by atoms with Crippen LogP contribution in [0.5, 0.6) is 5.75 Å². The van der Waals surface area contributed by atoms with Crippen LogP contribution in [-0.4, -0.2) is 18.8 Å². The molecule has 0 unspecified atom stereocenters. The van der Waals surface area contributed by atoms with Gasteiger partial charge in [0.1, 0.15) is 5.75 Å². The second-order valence-electron chi connectivity index (χ2n) is 6.95. The van der Waals surface area contributed by atoms with E-state index in [4.69, 9.17) is 16.3 Å². The van der Waals surface area contributed by atoms with Crippen LogP contribution in [0.25, 0.3) is 11.8 Å². The molecule has 0 radical (unpaired) electrons. The Kier molecular flexibility index (Phi) is 6.50. The quantitative estimate of drug-likeness (QED) is 0.303. The van der Waals surface area contributed by atoms with Gasteiger partial charge in [0.2, 0.25) is 0 Å². The maximum Gasteiger partial charge on any atom is 0.262 e. The van der Waals surface area contributed by atoms with Crippen LogP contribution < -0.4 is 9.64 Å². The number of halogens is 1. The first-order valence-corrected chi connectivity index (χ1v) is 11.6. The van der Waals surface area contributed by atoms with E-state index in [0.29, 0.717) is 17.2 Å². The third-order valence-corrected chi connectivity index (χ3v) is 6.00. The van der Waals surface area contributed by atoms with Gasteiger partial charge in [-0.3, -0.25) is 9.69 Å². The first-order chi connectivity index (χ1) is 15.1. The summed E-state index contributed by atoms with van der Waals surface area (Å²) in [5.41, 5.74) is 4.21. The molecule has 1 aliphatic heterocycles. The summed E-state index contributed by atoms with van der Waals surface area (Å²) in [6.45, 7) is 2.58. The molecule has 3 aromatic carbocycles. The molecule has 0 aliphatic carbocycles. The number of hydrogen-bond donors (Lipinski definition) is 0. The predicted octanol–water partition coefficient (Wildman–Crippen LogP) is 6.93. The molecule has 156 valence electrons. The molecule has 0 spiro atoms. The average Bonchev–Trinajstić information content (AvgIpc) is 3.11. The van der Waals surface area contributed by atoms with Crippen LogP contribution in [0.3, 0.4) is 0 Å². The average molecular weight is 448 g/mol. The van der Waals surface area contributed by atoms with Crippen molar-refractivity contribution in [1.82, 2.24) is 0 Å². The largest absolute Gasteiger partial charge is 0.494 e. The number of nitrogens with zero attached hydrogens (tertiary/aromatic N) is 1. The lowest BCUT2D eigenvalue weighted by atomic mass is 10.1. The van der Waals surface area contributed by atoms with Crippen LogP contribution >= 0.6 is 23.4 Å². The molecular formula is C26H22ClNO2S. The minimum Gasteiger partial charge on any atom is -0.494 e. The SMILES string of the molecule is CCOc1ccc(/C=C2\C=C(c3ccc(Cl)cc3)N(c3ccccc3SC)C2=O)cc1. The van der Waals surface area contributed by atoms with Gasteiger partial charge in [0.05, 0.1) is 18.0 Å². The molecule has 5 heteroatoms. The maximum absolute atomic E-state index is 13.5. The van der Waals surface area contributed by atoms with E-state index in [0.717, 1.165) is 33.2 Å². The van der Waals surface area contributed by atoms with Crippen molar-refractivity contribution in [1.29, 1.82) is 0 Å². The van der Waals surface area contributed by atoms with Crippen LogP contribution in [0, 0.1) is 0 Å². The summed E-state index contributed by atoms with van der Waals surface area (Å²) in [6.07, 6.45) is 5.87. The van der Waals surface area contributed by atoms with Crippen LogP contribution in [0.1, 0.15) is 18.1 Å². The Morgan fingerprint density at radius 3 is 2.39 bits per heavy atom. The standard InChI is InChI=1S/C26H22ClNO2S/c1-3-30-22-14-8-18(9-15-22)16-20-17-24(19-10-12-21(27)13-11-19)28(26(20)29)23-6-4-5-7-25(23)31-2/h4-17H,3H2,1-2H3/b20-16+. The summed E-state index contributed by atoms with van der Waals surface area (Å²) in [5, 5.41) is 0.662. The van der Waals surface area contributed by atoms with E-state index in [-0.39, 0.29) is 5.91 Å². The fraction of sp³-hybridized carbons (Fsp3) is 0.115. The van der Waals surface area contributed by atoms with Gasteiger partial charge in [-0.25, -0.2) is 0 Å². The van der Waals surface area contributed by atoms with Crippen molar-refractivity contribution in [2.75, 3.05) is 17.8 Å². The Labute approximate surface area is 192 Å². The lowest BCUT2D eigenvalue weighted by molar-refractivity contribution is -0.113. The van der Waals surface area contributed by atoms with Gasteiger partial charge in [-0.15, -0.1) is 11.8 Å². The maximum atomic E-state index is 13.5. The highest BCUT2D eigenvalue weighted by Crippen LogP contribution is 2.39. The van der Waals surface area contributed by atoms with Gasteiger partial charge in [0.15, 0.2) is 0 Å². The molecule has 0 bridgehead atoms. The van der Waals surface area contributed by atoms with Gasteiger partial charge < -0.3 is 4.74 Å². The number of para-hydroxylation sites is 1. The van der Waals surface area contributed by atoms with Crippen molar-refractivity contribution in [3.63, 3.8) is 0 Å². The van der Waals surface area contributed by atoms with Crippen molar-refractivity contribution in [2.24, 2.45) is 0 Å². The van der Waals surface area contributed by atoms with Crippen LogP contribution in [-0.2, 0) is 4.79 Å². The number of carbonyl (C=O) groups excluding carboxylic acids is 1. The van der Waals surface area contributed by atoms with Crippen molar-refractivity contribution in [3.8, 4) is 5.75 Å². The molecule has 1 aliphatic rings. The van der Waals surface area contributed by atoms with Gasteiger partial charge in [0, 0.05) is 15.5 Å². The van der Waals surface area contributed by atoms with Gasteiger partial charge in [0.25, 0.3) is 5.91 Å². The van der Waals surface area contributed by atoms with Gasteiger partial charge >= 0.3 is 0 Å². The number of hydrogen-bond acceptors (Lipinski definition) is 3. The van der Waals surface area contributed by atoms with E-state index in [1.54, 1.807) is 16.7 Å². The minimum absolute atomic E-state index is 0.0552. The fourth-order valence-corrected chi connectivity index (χ4v) is 4.22. The molecule has 0 saturated carbocycles. The first kappa shape index (κ1) is 21.3. The highest BCUT2D eigenvalue weighted by molar-refractivity contribution is 7.98. The topological polar surface area (TPSA) is 29.5 Å². The predicted molar refractivity (Wildman–Crippen MR) is 131 cm³/mol. The summed E-state index contributed by atoms with van der Waals surface area (Å²) in [6, 6.07) is 23.3. The number of anilines is 1.